The monoisotopic (exact) mass is 304 g/mol. The van der Waals surface area contributed by atoms with E-state index in [1.807, 2.05) is 6.92 Å². The molecule has 0 aliphatic carbocycles. The summed E-state index contributed by atoms with van der Waals surface area (Å²) < 4.78 is 2.22. The Bertz CT molecular complexity index is 671. The first kappa shape index (κ1) is 17.5. The molecule has 2 rings (SSSR count). The van der Waals surface area contributed by atoms with E-state index in [2.05, 4.69) is 42.0 Å². The molecule has 0 radical (unpaired) electrons. The molecule has 2 aromatic rings. The zero-order valence-corrected chi connectivity index (χ0v) is 12.6. The van der Waals surface area contributed by atoms with Crippen LogP contribution in [0.15, 0.2) is 42.6 Å². The van der Waals surface area contributed by atoms with Crippen molar-refractivity contribution in [2.45, 2.75) is 26.4 Å². The Hall–Kier alpha value is -2.60. The van der Waals surface area contributed by atoms with Crippen molar-refractivity contribution in [3.63, 3.8) is 0 Å². The van der Waals surface area contributed by atoms with Gasteiger partial charge in [-0.1, -0.05) is 12.1 Å². The summed E-state index contributed by atoms with van der Waals surface area (Å²) in [7, 11) is 0. The maximum atomic E-state index is 9.55. The van der Waals surface area contributed by atoms with Crippen LogP contribution < -0.4 is 5.73 Å². The molecule has 6 nitrogen and oxygen atoms in total. The standard InChI is InChI=1S/C12H16N2.C4H4O4/c1-9-4-3-5-12-11(9)6-7-14(12)8-10(2)13;5-3(6)1-2-4(7)8/h3-7,10H,8,13H2,1-2H3;1-2H,(H,5,6)(H,7,8). The van der Waals surface area contributed by atoms with Gasteiger partial charge in [0.25, 0.3) is 0 Å². The number of hydrogen-bond donors (Lipinski definition) is 3. The van der Waals surface area contributed by atoms with E-state index in [0.717, 1.165) is 6.54 Å². The van der Waals surface area contributed by atoms with Crippen molar-refractivity contribution in [2.24, 2.45) is 5.73 Å². The van der Waals surface area contributed by atoms with Gasteiger partial charge in [0.1, 0.15) is 0 Å². The van der Waals surface area contributed by atoms with E-state index in [-0.39, 0.29) is 6.04 Å². The Morgan fingerprint density at radius 2 is 1.82 bits per heavy atom. The van der Waals surface area contributed by atoms with E-state index >= 15 is 0 Å². The lowest BCUT2D eigenvalue weighted by Gasteiger charge is -2.08. The first-order valence-electron chi connectivity index (χ1n) is 6.75. The third-order valence-corrected chi connectivity index (χ3v) is 2.88. The highest BCUT2D eigenvalue weighted by Gasteiger charge is 2.03. The summed E-state index contributed by atoms with van der Waals surface area (Å²) >= 11 is 0. The van der Waals surface area contributed by atoms with Crippen molar-refractivity contribution < 1.29 is 19.8 Å². The van der Waals surface area contributed by atoms with Gasteiger partial charge in [-0.05, 0) is 31.5 Å². The first-order chi connectivity index (χ1) is 10.3. The molecule has 6 heteroatoms. The predicted octanol–water partition coefficient (Wildman–Crippen LogP) is 2.01. The van der Waals surface area contributed by atoms with Gasteiger partial charge in [0.15, 0.2) is 0 Å². The van der Waals surface area contributed by atoms with E-state index in [0.29, 0.717) is 12.2 Å². The van der Waals surface area contributed by atoms with Crippen molar-refractivity contribution in [3.05, 3.63) is 48.2 Å². The molecule has 0 aliphatic rings. The number of fused-ring (bicyclic) bond motifs is 1. The Morgan fingerprint density at radius 3 is 2.32 bits per heavy atom. The van der Waals surface area contributed by atoms with Gasteiger partial charge >= 0.3 is 11.9 Å². The second-order valence-corrected chi connectivity index (χ2v) is 4.96. The molecule has 0 saturated heterocycles. The summed E-state index contributed by atoms with van der Waals surface area (Å²) in [6.45, 7) is 5.05. The van der Waals surface area contributed by atoms with E-state index < -0.39 is 11.9 Å². The molecule has 1 heterocycles. The number of aromatic nitrogens is 1. The number of aryl methyl sites for hydroxylation is 1. The van der Waals surface area contributed by atoms with Crippen LogP contribution in [0, 0.1) is 6.92 Å². The first-order valence-corrected chi connectivity index (χ1v) is 6.75. The van der Waals surface area contributed by atoms with Crippen LogP contribution in [0.5, 0.6) is 0 Å². The fourth-order valence-corrected chi connectivity index (χ4v) is 1.99. The lowest BCUT2D eigenvalue weighted by Crippen LogP contribution is -2.21. The molecule has 1 atom stereocenters. The molecule has 0 bridgehead atoms. The van der Waals surface area contributed by atoms with E-state index in [1.54, 1.807) is 0 Å². The SMILES string of the molecule is Cc1cccc2c1ccn2CC(C)N.O=C(O)C=CC(=O)O. The highest BCUT2D eigenvalue weighted by Crippen LogP contribution is 2.19. The normalized spacial score (nSPS) is 12.0. The molecular weight excluding hydrogens is 284 g/mol. The van der Waals surface area contributed by atoms with Crippen LogP contribution in [-0.2, 0) is 16.1 Å². The average molecular weight is 304 g/mol. The fourth-order valence-electron chi connectivity index (χ4n) is 1.99. The van der Waals surface area contributed by atoms with Gasteiger partial charge in [-0.25, -0.2) is 9.59 Å². The van der Waals surface area contributed by atoms with Crippen LogP contribution in [0.25, 0.3) is 10.9 Å². The number of benzene rings is 1. The molecule has 22 heavy (non-hydrogen) atoms. The predicted molar refractivity (Wildman–Crippen MR) is 84.7 cm³/mol. The van der Waals surface area contributed by atoms with Crippen LogP contribution in [0.2, 0.25) is 0 Å². The summed E-state index contributed by atoms with van der Waals surface area (Å²) in [5.74, 6) is -2.51. The largest absolute Gasteiger partial charge is 0.478 e. The van der Waals surface area contributed by atoms with Crippen molar-refractivity contribution >= 4 is 22.8 Å². The number of carbonyl (C=O) groups is 2. The number of nitrogens with two attached hydrogens (primary N) is 1. The van der Waals surface area contributed by atoms with Gasteiger partial charge in [-0.2, -0.15) is 0 Å². The molecule has 0 aliphatic heterocycles. The quantitative estimate of drug-likeness (QED) is 0.749. The maximum Gasteiger partial charge on any atom is 0.328 e. The zero-order chi connectivity index (χ0) is 16.7. The van der Waals surface area contributed by atoms with Crippen LogP contribution >= 0.6 is 0 Å². The topological polar surface area (TPSA) is 106 Å². The maximum absolute atomic E-state index is 9.55. The number of aliphatic carboxylic acids is 2. The van der Waals surface area contributed by atoms with Gasteiger partial charge in [0.05, 0.1) is 0 Å². The fraction of sp³-hybridized carbons (Fsp3) is 0.250. The van der Waals surface area contributed by atoms with Crippen LogP contribution in [0.4, 0.5) is 0 Å². The minimum absolute atomic E-state index is 0.200. The molecule has 0 spiro atoms. The van der Waals surface area contributed by atoms with E-state index in [9.17, 15) is 9.59 Å². The average Bonchev–Trinajstić information content (AvgIpc) is 2.81. The molecule has 0 saturated carbocycles. The molecule has 1 aromatic heterocycles. The summed E-state index contributed by atoms with van der Waals surface area (Å²) in [4.78, 5) is 19.1. The minimum atomic E-state index is -1.26. The van der Waals surface area contributed by atoms with Gasteiger partial charge in [-0.3, -0.25) is 0 Å². The van der Waals surface area contributed by atoms with Gasteiger partial charge in [-0.15, -0.1) is 0 Å². The molecule has 0 fully saturated rings. The Morgan fingerprint density at radius 1 is 1.23 bits per heavy atom. The van der Waals surface area contributed by atoms with Gasteiger partial charge < -0.3 is 20.5 Å². The molecule has 1 aromatic carbocycles. The van der Waals surface area contributed by atoms with E-state index in [1.165, 1.54) is 16.5 Å². The molecule has 4 N–H and O–H groups in total. The van der Waals surface area contributed by atoms with Crippen molar-refractivity contribution in [1.29, 1.82) is 0 Å². The van der Waals surface area contributed by atoms with Crippen LogP contribution in [-0.4, -0.2) is 32.8 Å². The number of nitrogens with zero attached hydrogens (tertiary/aromatic N) is 1. The summed E-state index contributed by atoms with van der Waals surface area (Å²) in [5, 5.41) is 17.0. The summed E-state index contributed by atoms with van der Waals surface area (Å²) in [6.07, 6.45) is 3.23. The number of carboxylic acid groups (broad SMARTS) is 2. The zero-order valence-electron chi connectivity index (χ0n) is 12.6. The smallest absolute Gasteiger partial charge is 0.328 e. The number of hydrogen-bond acceptors (Lipinski definition) is 3. The molecule has 1 unspecified atom stereocenters. The number of rotatable bonds is 4. The van der Waals surface area contributed by atoms with E-state index in [4.69, 9.17) is 15.9 Å². The Balaban J connectivity index is 0.000000261. The Kier molecular flexibility index (Phi) is 6.34. The lowest BCUT2D eigenvalue weighted by molar-refractivity contribution is -0.134. The minimum Gasteiger partial charge on any atom is -0.478 e. The second kappa shape index (κ2) is 7.99. The van der Waals surface area contributed by atoms with Crippen molar-refractivity contribution in [2.75, 3.05) is 0 Å². The highest BCUT2D eigenvalue weighted by atomic mass is 16.4. The van der Waals surface area contributed by atoms with Crippen molar-refractivity contribution in [1.82, 2.24) is 4.57 Å². The molecule has 118 valence electrons. The molecule has 0 amide bonds. The third kappa shape index (κ3) is 5.41. The van der Waals surface area contributed by atoms with Gasteiger partial charge in [0, 0.05) is 41.8 Å². The van der Waals surface area contributed by atoms with Crippen LogP contribution in [0.3, 0.4) is 0 Å². The van der Waals surface area contributed by atoms with Gasteiger partial charge in [0.2, 0.25) is 0 Å². The Labute approximate surface area is 128 Å². The number of carboxylic acids is 2. The summed E-state index contributed by atoms with van der Waals surface area (Å²) in [6, 6.07) is 8.73. The second-order valence-electron chi connectivity index (χ2n) is 4.96. The molecular formula is C16H20N2O4. The highest BCUT2D eigenvalue weighted by molar-refractivity contribution is 5.89. The van der Waals surface area contributed by atoms with Crippen molar-refractivity contribution in [3.8, 4) is 0 Å². The summed E-state index contributed by atoms with van der Waals surface area (Å²) in [5.41, 5.74) is 8.40. The third-order valence-electron chi connectivity index (χ3n) is 2.88. The van der Waals surface area contributed by atoms with Crippen LogP contribution in [0.1, 0.15) is 12.5 Å². The lowest BCUT2D eigenvalue weighted by atomic mass is 10.1.